The first-order valence-electron chi connectivity index (χ1n) is 10.2. The fourth-order valence-electron chi connectivity index (χ4n) is 3.89. The van der Waals surface area contributed by atoms with Crippen molar-refractivity contribution >= 4 is 32.4 Å². The van der Waals surface area contributed by atoms with Crippen LogP contribution in [0.15, 0.2) is 66.7 Å². The van der Waals surface area contributed by atoms with Gasteiger partial charge in [-0.2, -0.15) is 0 Å². The molecule has 0 saturated carbocycles. The molecule has 156 valence electrons. The van der Waals surface area contributed by atoms with Gasteiger partial charge in [0.15, 0.2) is 0 Å². The summed E-state index contributed by atoms with van der Waals surface area (Å²) in [5.74, 6) is -0.218. The van der Waals surface area contributed by atoms with Gasteiger partial charge in [-0.15, -0.1) is 0 Å². The van der Waals surface area contributed by atoms with Gasteiger partial charge in [0, 0.05) is 24.7 Å². The normalized spacial score (nSPS) is 15.9. The van der Waals surface area contributed by atoms with E-state index in [1.807, 2.05) is 73.7 Å². The number of piperidine rings is 1. The Labute approximate surface area is 177 Å². The van der Waals surface area contributed by atoms with Crippen molar-refractivity contribution in [2.75, 3.05) is 18.4 Å². The summed E-state index contributed by atoms with van der Waals surface area (Å²) in [7, 11) is -3.38. The van der Waals surface area contributed by atoms with Crippen molar-refractivity contribution < 1.29 is 13.2 Å². The van der Waals surface area contributed by atoms with E-state index in [1.165, 1.54) is 4.31 Å². The standard InChI is InChI=1S/C24H26N2O3S/c1-18-6-8-19(9-7-18)17-30(28,29)26-14-12-21(13-15-26)24(27)25-23-11-10-20-4-2-3-5-22(20)16-23/h2-11,16,21H,12-15,17H2,1H3,(H,25,27). The molecule has 1 fully saturated rings. The molecule has 0 atom stereocenters. The molecule has 0 radical (unpaired) electrons. The monoisotopic (exact) mass is 422 g/mol. The number of fused-ring (bicyclic) bond motifs is 1. The summed E-state index contributed by atoms with van der Waals surface area (Å²) in [6, 6.07) is 21.4. The van der Waals surface area contributed by atoms with Gasteiger partial charge in [-0.1, -0.05) is 60.2 Å². The Kier molecular flexibility index (Phi) is 5.88. The highest BCUT2D eigenvalue weighted by molar-refractivity contribution is 7.88. The number of rotatable bonds is 5. The molecule has 1 N–H and O–H groups in total. The zero-order valence-electron chi connectivity index (χ0n) is 17.0. The highest BCUT2D eigenvalue weighted by Crippen LogP contribution is 2.24. The highest BCUT2D eigenvalue weighted by atomic mass is 32.2. The average Bonchev–Trinajstić information content (AvgIpc) is 2.75. The van der Waals surface area contributed by atoms with Crippen LogP contribution in [0.25, 0.3) is 10.8 Å². The summed E-state index contributed by atoms with van der Waals surface area (Å²) in [5.41, 5.74) is 2.67. The number of aryl methyl sites for hydroxylation is 1. The van der Waals surface area contributed by atoms with Gasteiger partial charge in [-0.05, 0) is 48.2 Å². The van der Waals surface area contributed by atoms with E-state index in [2.05, 4.69) is 5.32 Å². The van der Waals surface area contributed by atoms with Crippen LogP contribution in [0.1, 0.15) is 24.0 Å². The largest absolute Gasteiger partial charge is 0.326 e. The zero-order valence-corrected chi connectivity index (χ0v) is 17.9. The molecule has 6 heteroatoms. The average molecular weight is 423 g/mol. The lowest BCUT2D eigenvalue weighted by molar-refractivity contribution is -0.120. The lowest BCUT2D eigenvalue weighted by Gasteiger charge is -2.30. The lowest BCUT2D eigenvalue weighted by atomic mass is 9.97. The second-order valence-electron chi connectivity index (χ2n) is 7.97. The molecule has 1 amide bonds. The van der Waals surface area contributed by atoms with Gasteiger partial charge in [0.2, 0.25) is 15.9 Å². The molecule has 0 aliphatic carbocycles. The van der Waals surface area contributed by atoms with Crippen LogP contribution in [0.5, 0.6) is 0 Å². The number of hydrogen-bond donors (Lipinski definition) is 1. The van der Waals surface area contributed by atoms with Crippen LogP contribution in [-0.2, 0) is 20.6 Å². The number of sulfonamides is 1. The van der Waals surface area contributed by atoms with Gasteiger partial charge >= 0.3 is 0 Å². The molecule has 1 aliphatic rings. The first-order chi connectivity index (χ1) is 14.4. The van der Waals surface area contributed by atoms with Crippen LogP contribution in [0, 0.1) is 12.8 Å². The quantitative estimate of drug-likeness (QED) is 0.666. The van der Waals surface area contributed by atoms with Crippen molar-refractivity contribution in [2.45, 2.75) is 25.5 Å². The Hall–Kier alpha value is -2.70. The summed E-state index contributed by atoms with van der Waals surface area (Å²) in [5, 5.41) is 5.20. The number of carbonyl (C=O) groups excluding carboxylic acids is 1. The first-order valence-corrected chi connectivity index (χ1v) is 11.8. The van der Waals surface area contributed by atoms with Crippen molar-refractivity contribution in [3.8, 4) is 0 Å². The smallest absolute Gasteiger partial charge is 0.227 e. The Morgan fingerprint density at radius 2 is 1.63 bits per heavy atom. The molecule has 30 heavy (non-hydrogen) atoms. The number of anilines is 1. The van der Waals surface area contributed by atoms with E-state index in [0.29, 0.717) is 25.9 Å². The maximum atomic E-state index is 12.8. The van der Waals surface area contributed by atoms with E-state index >= 15 is 0 Å². The first kappa shape index (κ1) is 20.6. The maximum Gasteiger partial charge on any atom is 0.227 e. The maximum absolute atomic E-state index is 12.8. The van der Waals surface area contributed by atoms with E-state index in [1.54, 1.807) is 0 Å². The molecule has 0 bridgehead atoms. The van der Waals surface area contributed by atoms with Crippen LogP contribution in [-0.4, -0.2) is 31.7 Å². The van der Waals surface area contributed by atoms with Crippen molar-refractivity contribution in [2.24, 2.45) is 5.92 Å². The molecule has 1 saturated heterocycles. The molecule has 1 aliphatic heterocycles. The molecule has 4 rings (SSSR count). The number of carbonyl (C=O) groups is 1. The summed E-state index contributed by atoms with van der Waals surface area (Å²) < 4.78 is 27.0. The molecule has 0 unspecified atom stereocenters. The molecular formula is C24H26N2O3S. The topological polar surface area (TPSA) is 66.5 Å². The fraction of sp³-hybridized carbons (Fsp3) is 0.292. The molecular weight excluding hydrogens is 396 g/mol. The molecule has 0 aromatic heterocycles. The van der Waals surface area contributed by atoms with Crippen LogP contribution in [0.4, 0.5) is 5.69 Å². The Morgan fingerprint density at radius 1 is 0.967 bits per heavy atom. The number of benzene rings is 3. The van der Waals surface area contributed by atoms with E-state index in [9.17, 15) is 13.2 Å². The van der Waals surface area contributed by atoms with Gasteiger partial charge in [0.1, 0.15) is 0 Å². The minimum Gasteiger partial charge on any atom is -0.326 e. The van der Waals surface area contributed by atoms with Gasteiger partial charge in [-0.3, -0.25) is 4.79 Å². The second kappa shape index (κ2) is 8.58. The minimum atomic E-state index is -3.38. The predicted molar refractivity (Wildman–Crippen MR) is 121 cm³/mol. The number of nitrogens with one attached hydrogen (secondary N) is 1. The van der Waals surface area contributed by atoms with E-state index < -0.39 is 10.0 Å². The van der Waals surface area contributed by atoms with Crippen molar-refractivity contribution in [1.82, 2.24) is 4.31 Å². The van der Waals surface area contributed by atoms with Crippen LogP contribution < -0.4 is 5.32 Å². The van der Waals surface area contributed by atoms with E-state index in [0.717, 1.165) is 27.6 Å². The van der Waals surface area contributed by atoms with Gasteiger partial charge in [0.25, 0.3) is 0 Å². The van der Waals surface area contributed by atoms with Crippen molar-refractivity contribution in [1.29, 1.82) is 0 Å². The van der Waals surface area contributed by atoms with E-state index in [-0.39, 0.29) is 17.6 Å². The van der Waals surface area contributed by atoms with Crippen LogP contribution in [0.2, 0.25) is 0 Å². The van der Waals surface area contributed by atoms with Gasteiger partial charge in [0.05, 0.1) is 5.75 Å². The Balaban J connectivity index is 1.35. The predicted octanol–water partition coefficient (Wildman–Crippen LogP) is 4.33. The SMILES string of the molecule is Cc1ccc(CS(=O)(=O)N2CCC(C(=O)Nc3ccc4ccccc4c3)CC2)cc1. The van der Waals surface area contributed by atoms with Gasteiger partial charge in [-0.25, -0.2) is 12.7 Å². The summed E-state index contributed by atoms with van der Waals surface area (Å²) in [6.45, 7) is 2.74. The third-order valence-corrected chi connectivity index (χ3v) is 7.55. The second-order valence-corrected chi connectivity index (χ2v) is 9.94. The summed E-state index contributed by atoms with van der Waals surface area (Å²) in [6.07, 6.45) is 1.07. The summed E-state index contributed by atoms with van der Waals surface area (Å²) >= 11 is 0. The third kappa shape index (κ3) is 4.71. The molecule has 1 heterocycles. The summed E-state index contributed by atoms with van der Waals surface area (Å²) in [4.78, 5) is 12.7. The van der Waals surface area contributed by atoms with E-state index in [4.69, 9.17) is 0 Å². The van der Waals surface area contributed by atoms with Crippen molar-refractivity contribution in [3.05, 3.63) is 77.9 Å². The zero-order chi connectivity index (χ0) is 21.1. The highest BCUT2D eigenvalue weighted by Gasteiger charge is 2.31. The van der Waals surface area contributed by atoms with Gasteiger partial charge < -0.3 is 5.32 Å². The Morgan fingerprint density at radius 3 is 2.33 bits per heavy atom. The van der Waals surface area contributed by atoms with Crippen LogP contribution >= 0.6 is 0 Å². The molecule has 3 aromatic carbocycles. The molecule has 3 aromatic rings. The molecule has 0 spiro atoms. The third-order valence-electron chi connectivity index (χ3n) is 5.70. The minimum absolute atomic E-state index is 0.00122. The number of nitrogens with zero attached hydrogens (tertiary/aromatic N) is 1. The lowest BCUT2D eigenvalue weighted by Crippen LogP contribution is -2.41. The number of hydrogen-bond acceptors (Lipinski definition) is 3. The Bertz CT molecular complexity index is 1150. The van der Waals surface area contributed by atoms with Crippen LogP contribution in [0.3, 0.4) is 0 Å². The fourth-order valence-corrected chi connectivity index (χ4v) is 5.46. The molecule has 5 nitrogen and oxygen atoms in total. The van der Waals surface area contributed by atoms with Crippen molar-refractivity contribution in [3.63, 3.8) is 0 Å². The number of amides is 1.